The lowest BCUT2D eigenvalue weighted by Crippen LogP contribution is -2.27. The first kappa shape index (κ1) is 22.8. The molecule has 140 valence electrons. The van der Waals surface area contributed by atoms with E-state index in [0.29, 0.717) is 19.8 Å². The topological polar surface area (TPSA) is 27.7 Å². The summed E-state index contributed by atoms with van der Waals surface area (Å²) in [7, 11) is -1.73. The Hall–Kier alpha value is -1.17. The van der Waals surface area contributed by atoms with Crippen molar-refractivity contribution in [2.75, 3.05) is 19.8 Å². The Morgan fingerprint density at radius 1 is 0.792 bits per heavy atom. The molecule has 1 aromatic carbocycles. The maximum atomic E-state index is 12.4. The van der Waals surface area contributed by atoms with E-state index in [2.05, 4.69) is 0 Å². The summed E-state index contributed by atoms with van der Waals surface area (Å²) in [6, 6.07) is -0.437. The van der Waals surface area contributed by atoms with Crippen molar-refractivity contribution in [2.24, 2.45) is 0 Å². The highest BCUT2D eigenvalue weighted by Gasteiger charge is 2.37. The molecule has 0 spiro atoms. The molecule has 11 heteroatoms. The van der Waals surface area contributed by atoms with Crippen molar-refractivity contribution in [1.29, 1.82) is 0 Å². The monoisotopic (exact) mass is 382 g/mol. The first-order valence-corrected chi connectivity index (χ1v) is 8.26. The molecule has 0 atom stereocenters. The molecule has 0 heterocycles. The lowest BCUT2D eigenvalue weighted by atomic mass is 10.2. The van der Waals surface area contributed by atoms with E-state index in [4.69, 9.17) is 13.3 Å². The summed E-state index contributed by atoms with van der Waals surface area (Å²) in [6.45, 7) is 7.86. The highest BCUT2D eigenvalue weighted by atomic mass is 28.3. The van der Waals surface area contributed by atoms with E-state index in [1.807, 2.05) is 20.8 Å². The van der Waals surface area contributed by atoms with E-state index in [9.17, 15) is 30.7 Å². The maximum absolute atomic E-state index is 12.4. The van der Waals surface area contributed by atoms with Gasteiger partial charge in [0.2, 0.25) is 0 Å². The Balaban J connectivity index is 0.000000470. The zero-order valence-corrected chi connectivity index (χ0v) is 14.3. The van der Waals surface area contributed by atoms with Crippen LogP contribution in [0, 0.1) is 23.3 Å². The van der Waals surface area contributed by atoms with Gasteiger partial charge in [-0.3, -0.25) is 0 Å². The maximum Gasteiger partial charge on any atom is 0.484 e. The standard InChI is InChI=1S/C7HF7.C6H16O3Si/c8-3-1-2(7(12,13)14)4(9)6(11)5(3)10;1-4-7-10(8-5-2)9-6-3/h1H;10H,4-6H2,1-3H3. The van der Waals surface area contributed by atoms with Crippen LogP contribution in [0.2, 0.25) is 0 Å². The van der Waals surface area contributed by atoms with Crippen LogP contribution in [0.15, 0.2) is 6.07 Å². The Kier molecular flexibility index (Phi) is 10.1. The summed E-state index contributed by atoms with van der Waals surface area (Å²) < 4.78 is 100. The summed E-state index contributed by atoms with van der Waals surface area (Å²) in [6.07, 6.45) is -5.26. The van der Waals surface area contributed by atoms with E-state index in [1.54, 1.807) is 0 Å². The third kappa shape index (κ3) is 7.15. The van der Waals surface area contributed by atoms with E-state index in [1.165, 1.54) is 0 Å². The second-order valence-corrected chi connectivity index (χ2v) is 5.58. The van der Waals surface area contributed by atoms with Crippen LogP contribution >= 0.6 is 0 Å². The van der Waals surface area contributed by atoms with Crippen LogP contribution in [0.5, 0.6) is 0 Å². The fraction of sp³-hybridized carbons (Fsp3) is 0.538. The summed E-state index contributed by atoms with van der Waals surface area (Å²) in [5, 5.41) is 0. The third-order valence-electron chi connectivity index (χ3n) is 2.32. The largest absolute Gasteiger partial charge is 0.484 e. The SMILES string of the molecule is CCO[SiH](OCC)OCC.Fc1cc(C(F)(F)F)c(F)c(F)c1F. The molecule has 0 amide bonds. The quantitative estimate of drug-likeness (QED) is 0.321. The Bertz CT molecular complexity index is 497. The Labute approximate surface area is 136 Å². The molecule has 0 saturated heterocycles. The second kappa shape index (κ2) is 10.6. The van der Waals surface area contributed by atoms with Gasteiger partial charge in [-0.15, -0.1) is 0 Å². The molecule has 3 nitrogen and oxygen atoms in total. The molecule has 0 aliphatic heterocycles. The molecule has 0 aliphatic rings. The van der Waals surface area contributed by atoms with Gasteiger partial charge in [-0.05, 0) is 26.8 Å². The number of hydrogen-bond donors (Lipinski definition) is 0. The molecule has 1 aromatic rings. The van der Waals surface area contributed by atoms with Crippen molar-refractivity contribution in [3.8, 4) is 0 Å². The van der Waals surface area contributed by atoms with Gasteiger partial charge in [0.1, 0.15) is 0 Å². The van der Waals surface area contributed by atoms with Crippen molar-refractivity contribution in [2.45, 2.75) is 26.9 Å². The normalized spacial score (nSPS) is 11.5. The van der Waals surface area contributed by atoms with Gasteiger partial charge in [0.25, 0.3) is 0 Å². The van der Waals surface area contributed by atoms with Crippen LogP contribution in [-0.2, 0) is 19.5 Å². The molecule has 0 radical (unpaired) electrons. The predicted octanol–water partition coefficient (Wildman–Crippen LogP) is 4.07. The average Bonchev–Trinajstić information content (AvgIpc) is 2.49. The predicted molar refractivity (Wildman–Crippen MR) is 73.3 cm³/mol. The fourth-order valence-electron chi connectivity index (χ4n) is 1.33. The molecule has 0 saturated carbocycles. The van der Waals surface area contributed by atoms with E-state index < -0.39 is 50.6 Å². The van der Waals surface area contributed by atoms with E-state index >= 15 is 0 Å². The third-order valence-corrected chi connectivity index (χ3v) is 4.13. The molecule has 24 heavy (non-hydrogen) atoms. The molecular weight excluding hydrogens is 365 g/mol. The first-order chi connectivity index (χ1) is 11.1. The van der Waals surface area contributed by atoms with Gasteiger partial charge in [-0.25, -0.2) is 17.6 Å². The van der Waals surface area contributed by atoms with Crippen molar-refractivity contribution < 1.29 is 44.0 Å². The summed E-state index contributed by atoms with van der Waals surface area (Å²) in [5.74, 6) is -9.28. The molecule has 0 N–H and O–H groups in total. The molecular formula is C13H17F7O3Si. The smallest absolute Gasteiger partial charge is 0.376 e. The van der Waals surface area contributed by atoms with Gasteiger partial charge in [-0.2, -0.15) is 13.2 Å². The van der Waals surface area contributed by atoms with Crippen molar-refractivity contribution in [3.05, 3.63) is 34.9 Å². The first-order valence-electron chi connectivity index (χ1n) is 6.84. The van der Waals surface area contributed by atoms with Crippen LogP contribution in [-0.4, -0.2) is 29.3 Å². The average molecular weight is 382 g/mol. The zero-order valence-electron chi connectivity index (χ0n) is 13.1. The lowest BCUT2D eigenvalue weighted by Gasteiger charge is -2.12. The van der Waals surface area contributed by atoms with Crippen molar-refractivity contribution in [3.63, 3.8) is 0 Å². The Morgan fingerprint density at radius 2 is 1.21 bits per heavy atom. The van der Waals surface area contributed by atoms with Crippen LogP contribution in [0.25, 0.3) is 0 Å². The van der Waals surface area contributed by atoms with Crippen LogP contribution in [0.4, 0.5) is 30.7 Å². The number of halogens is 7. The lowest BCUT2D eigenvalue weighted by molar-refractivity contribution is -0.140. The molecule has 0 aromatic heterocycles. The van der Waals surface area contributed by atoms with Gasteiger partial charge < -0.3 is 13.3 Å². The van der Waals surface area contributed by atoms with Gasteiger partial charge in [0.05, 0.1) is 5.56 Å². The highest BCUT2D eigenvalue weighted by molar-refractivity contribution is 6.36. The Morgan fingerprint density at radius 3 is 1.54 bits per heavy atom. The second-order valence-electron chi connectivity index (χ2n) is 4.00. The fourth-order valence-corrected chi connectivity index (χ4v) is 2.44. The van der Waals surface area contributed by atoms with E-state index in [0.717, 1.165) is 0 Å². The van der Waals surface area contributed by atoms with Gasteiger partial charge >= 0.3 is 15.7 Å². The zero-order chi connectivity index (χ0) is 18.9. The molecule has 0 fully saturated rings. The highest BCUT2D eigenvalue weighted by Crippen LogP contribution is 2.33. The van der Waals surface area contributed by atoms with Crippen LogP contribution < -0.4 is 0 Å². The molecule has 0 bridgehead atoms. The summed E-state index contributed by atoms with van der Waals surface area (Å²) in [5.41, 5.74) is -2.17. The summed E-state index contributed by atoms with van der Waals surface area (Å²) >= 11 is 0. The summed E-state index contributed by atoms with van der Waals surface area (Å²) in [4.78, 5) is 0. The van der Waals surface area contributed by atoms with Crippen molar-refractivity contribution in [1.82, 2.24) is 0 Å². The minimum atomic E-state index is -5.26. The van der Waals surface area contributed by atoms with Gasteiger partial charge in [0, 0.05) is 19.8 Å². The van der Waals surface area contributed by atoms with Crippen LogP contribution in [0.1, 0.15) is 26.3 Å². The minimum Gasteiger partial charge on any atom is -0.376 e. The number of hydrogen-bond acceptors (Lipinski definition) is 3. The number of benzene rings is 1. The van der Waals surface area contributed by atoms with Crippen molar-refractivity contribution >= 4 is 9.53 Å². The van der Waals surface area contributed by atoms with Gasteiger partial charge in [0.15, 0.2) is 23.3 Å². The number of rotatable bonds is 6. The molecule has 1 rings (SSSR count). The van der Waals surface area contributed by atoms with Crippen LogP contribution in [0.3, 0.4) is 0 Å². The van der Waals surface area contributed by atoms with E-state index in [-0.39, 0.29) is 0 Å². The number of alkyl halides is 3. The minimum absolute atomic E-state index is 0.437. The van der Waals surface area contributed by atoms with Gasteiger partial charge in [-0.1, -0.05) is 0 Å². The molecule has 0 aliphatic carbocycles. The molecule has 0 unspecified atom stereocenters.